The van der Waals surface area contributed by atoms with Crippen LogP contribution in [0.25, 0.3) is 0 Å². The fourth-order valence-electron chi connectivity index (χ4n) is 2.57. The van der Waals surface area contributed by atoms with Gasteiger partial charge in [-0.3, -0.25) is 4.79 Å². The van der Waals surface area contributed by atoms with Crippen LogP contribution in [0.3, 0.4) is 0 Å². The lowest BCUT2D eigenvalue weighted by atomic mass is 10.1. The third-order valence-electron chi connectivity index (χ3n) is 4.13. The van der Waals surface area contributed by atoms with Crippen molar-refractivity contribution in [1.82, 2.24) is 0 Å². The highest BCUT2D eigenvalue weighted by molar-refractivity contribution is 6.33. The van der Waals surface area contributed by atoms with Crippen LogP contribution in [-0.4, -0.2) is 39.3 Å². The molecule has 0 aliphatic rings. The zero-order valence-corrected chi connectivity index (χ0v) is 17.7. The van der Waals surface area contributed by atoms with Gasteiger partial charge in [0.1, 0.15) is 5.56 Å². The summed E-state index contributed by atoms with van der Waals surface area (Å²) >= 11 is 5.87. The first-order chi connectivity index (χ1) is 14.5. The number of ether oxygens (including phenoxy) is 4. The third kappa shape index (κ3) is 5.52. The molecule has 0 heterocycles. The molecule has 1 atom stereocenters. The molecule has 11 heteroatoms. The Labute approximate surface area is 181 Å². The van der Waals surface area contributed by atoms with Gasteiger partial charge in [-0.25, -0.2) is 4.79 Å². The van der Waals surface area contributed by atoms with E-state index in [-0.39, 0.29) is 27.8 Å². The predicted molar refractivity (Wildman–Crippen MR) is 106 cm³/mol. The lowest BCUT2D eigenvalue weighted by Gasteiger charge is -2.18. The average molecular weight is 462 g/mol. The number of esters is 1. The van der Waals surface area contributed by atoms with Crippen LogP contribution in [-0.2, 0) is 15.7 Å². The smallest absolute Gasteiger partial charge is 0.416 e. The second kappa shape index (κ2) is 9.78. The number of amides is 1. The van der Waals surface area contributed by atoms with Gasteiger partial charge in [0.25, 0.3) is 5.91 Å². The lowest BCUT2D eigenvalue weighted by Crippen LogP contribution is -2.30. The van der Waals surface area contributed by atoms with Crippen LogP contribution in [0.15, 0.2) is 30.3 Å². The summed E-state index contributed by atoms with van der Waals surface area (Å²) in [6, 6.07) is 5.28. The first-order valence-corrected chi connectivity index (χ1v) is 9.08. The number of methoxy groups -OCH3 is 3. The molecule has 0 bridgehead atoms. The number of halogens is 4. The highest BCUT2D eigenvalue weighted by Crippen LogP contribution is 2.40. The number of hydrogen-bond donors (Lipinski definition) is 1. The molecule has 0 spiro atoms. The van der Waals surface area contributed by atoms with E-state index in [9.17, 15) is 22.8 Å². The molecular formula is C20H19ClF3NO6. The fourth-order valence-corrected chi connectivity index (χ4v) is 2.74. The molecule has 2 aromatic carbocycles. The summed E-state index contributed by atoms with van der Waals surface area (Å²) in [7, 11) is 4.06. The van der Waals surface area contributed by atoms with E-state index in [1.54, 1.807) is 0 Å². The van der Waals surface area contributed by atoms with E-state index in [2.05, 4.69) is 5.32 Å². The van der Waals surface area contributed by atoms with Gasteiger partial charge in [-0.05, 0) is 37.3 Å². The molecule has 168 valence electrons. The Hall–Kier alpha value is -3.14. The van der Waals surface area contributed by atoms with Crippen molar-refractivity contribution in [3.05, 3.63) is 46.5 Å². The van der Waals surface area contributed by atoms with Crippen molar-refractivity contribution in [2.75, 3.05) is 26.6 Å². The van der Waals surface area contributed by atoms with Crippen LogP contribution in [0, 0.1) is 0 Å². The van der Waals surface area contributed by atoms with Crippen LogP contribution >= 0.6 is 11.6 Å². The van der Waals surface area contributed by atoms with E-state index >= 15 is 0 Å². The van der Waals surface area contributed by atoms with Crippen LogP contribution in [0.5, 0.6) is 17.2 Å². The van der Waals surface area contributed by atoms with Crippen LogP contribution in [0.2, 0.25) is 5.02 Å². The summed E-state index contributed by atoms with van der Waals surface area (Å²) in [5, 5.41) is 2.11. The summed E-state index contributed by atoms with van der Waals surface area (Å²) < 4.78 is 59.3. The molecule has 0 aromatic heterocycles. The molecule has 1 amide bonds. The number of nitrogens with one attached hydrogen (secondary N) is 1. The quantitative estimate of drug-likeness (QED) is 0.608. The molecule has 0 saturated carbocycles. The molecule has 0 unspecified atom stereocenters. The Kier molecular flexibility index (Phi) is 7.61. The molecule has 2 aromatic rings. The van der Waals surface area contributed by atoms with Crippen LogP contribution in [0.1, 0.15) is 22.8 Å². The Morgan fingerprint density at radius 1 is 1.00 bits per heavy atom. The molecule has 0 fully saturated rings. The number of benzene rings is 2. The number of hydrogen-bond acceptors (Lipinski definition) is 6. The van der Waals surface area contributed by atoms with Gasteiger partial charge in [0, 0.05) is 0 Å². The summed E-state index contributed by atoms with van der Waals surface area (Å²) in [6.07, 6.45) is -5.98. The van der Waals surface area contributed by atoms with Crippen LogP contribution in [0.4, 0.5) is 18.9 Å². The standard InChI is InChI=1S/C20H19ClF3NO6/c1-10(18(26)25-14-9-11(20(22,23)24)5-7-13(14)21)31-19(27)12-6-8-15(28-2)17(30-4)16(12)29-3/h5-10H,1-4H3,(H,25,26)/t10-/m1/s1. The third-order valence-corrected chi connectivity index (χ3v) is 4.46. The summed E-state index contributed by atoms with van der Waals surface area (Å²) in [5.74, 6) is -1.32. The number of anilines is 1. The minimum atomic E-state index is -4.62. The molecule has 2 rings (SSSR count). The van der Waals surface area contributed by atoms with E-state index in [1.165, 1.54) is 40.4 Å². The van der Waals surface area contributed by atoms with Crippen molar-refractivity contribution >= 4 is 29.2 Å². The van der Waals surface area contributed by atoms with Crippen LogP contribution < -0.4 is 19.5 Å². The maximum atomic E-state index is 12.9. The van der Waals surface area contributed by atoms with Gasteiger partial charge in [-0.1, -0.05) is 11.6 Å². The van der Waals surface area contributed by atoms with Gasteiger partial charge in [-0.2, -0.15) is 13.2 Å². The van der Waals surface area contributed by atoms with E-state index in [4.69, 9.17) is 30.5 Å². The zero-order valence-electron chi connectivity index (χ0n) is 16.9. The molecule has 0 aliphatic carbocycles. The van der Waals surface area contributed by atoms with Gasteiger partial charge in [0.05, 0.1) is 37.6 Å². The maximum Gasteiger partial charge on any atom is 0.416 e. The van der Waals surface area contributed by atoms with Crippen molar-refractivity contribution in [1.29, 1.82) is 0 Å². The first-order valence-electron chi connectivity index (χ1n) is 8.71. The summed E-state index contributed by atoms with van der Waals surface area (Å²) in [6.45, 7) is 1.25. The first kappa shape index (κ1) is 24.1. The monoisotopic (exact) mass is 461 g/mol. The minimum absolute atomic E-state index is 0.0281. The summed E-state index contributed by atoms with van der Waals surface area (Å²) in [4.78, 5) is 24.9. The van der Waals surface area contributed by atoms with E-state index in [0.29, 0.717) is 11.8 Å². The fraction of sp³-hybridized carbons (Fsp3) is 0.300. The molecular weight excluding hydrogens is 443 g/mol. The molecule has 31 heavy (non-hydrogen) atoms. The molecule has 0 saturated heterocycles. The minimum Gasteiger partial charge on any atom is -0.493 e. The largest absolute Gasteiger partial charge is 0.493 e. The maximum absolute atomic E-state index is 12.9. The Balaban J connectivity index is 2.20. The molecule has 7 nitrogen and oxygen atoms in total. The normalized spacial score (nSPS) is 12.0. The van der Waals surface area contributed by atoms with Crippen molar-refractivity contribution in [2.24, 2.45) is 0 Å². The van der Waals surface area contributed by atoms with Crippen molar-refractivity contribution in [2.45, 2.75) is 19.2 Å². The Bertz CT molecular complexity index is 980. The second-order valence-electron chi connectivity index (χ2n) is 6.11. The Morgan fingerprint density at radius 3 is 2.19 bits per heavy atom. The van der Waals surface area contributed by atoms with Crippen molar-refractivity contribution < 1.29 is 41.7 Å². The topological polar surface area (TPSA) is 83.1 Å². The molecule has 1 N–H and O–H groups in total. The number of carbonyl (C=O) groups excluding carboxylic acids is 2. The van der Waals surface area contributed by atoms with Crippen molar-refractivity contribution in [3.63, 3.8) is 0 Å². The van der Waals surface area contributed by atoms with E-state index in [1.807, 2.05) is 0 Å². The van der Waals surface area contributed by atoms with Crippen molar-refractivity contribution in [3.8, 4) is 17.2 Å². The van der Waals surface area contributed by atoms with Gasteiger partial charge in [-0.15, -0.1) is 0 Å². The van der Waals surface area contributed by atoms with Gasteiger partial charge >= 0.3 is 12.1 Å². The van der Waals surface area contributed by atoms with Gasteiger partial charge in [0.2, 0.25) is 5.75 Å². The molecule has 0 aliphatic heterocycles. The highest BCUT2D eigenvalue weighted by atomic mass is 35.5. The number of alkyl halides is 3. The Morgan fingerprint density at radius 2 is 1.65 bits per heavy atom. The zero-order chi connectivity index (χ0) is 23.3. The van der Waals surface area contributed by atoms with Gasteiger partial charge < -0.3 is 24.3 Å². The van der Waals surface area contributed by atoms with E-state index < -0.39 is 29.7 Å². The predicted octanol–water partition coefficient (Wildman–Crippen LogP) is 4.57. The SMILES string of the molecule is COc1ccc(C(=O)O[C@H](C)C(=O)Nc2cc(C(F)(F)F)ccc2Cl)c(OC)c1OC. The highest BCUT2D eigenvalue weighted by Gasteiger charge is 2.31. The molecule has 0 radical (unpaired) electrons. The lowest BCUT2D eigenvalue weighted by molar-refractivity contribution is -0.137. The average Bonchev–Trinajstić information content (AvgIpc) is 2.72. The number of carbonyl (C=O) groups is 2. The van der Waals surface area contributed by atoms with E-state index in [0.717, 1.165) is 12.1 Å². The summed E-state index contributed by atoms with van der Waals surface area (Å²) in [5.41, 5.74) is -1.31. The second-order valence-corrected chi connectivity index (χ2v) is 6.52. The van der Waals surface area contributed by atoms with Gasteiger partial charge in [0.15, 0.2) is 17.6 Å². The number of rotatable bonds is 7.